The zero-order valence-corrected chi connectivity index (χ0v) is 9.45. The van der Waals surface area contributed by atoms with Gasteiger partial charge in [0, 0.05) is 12.1 Å². The molecule has 0 spiro atoms. The van der Waals surface area contributed by atoms with Gasteiger partial charge in [0.1, 0.15) is 0 Å². The molecule has 4 heteroatoms. The predicted molar refractivity (Wildman–Crippen MR) is 56.7 cm³/mol. The third kappa shape index (κ3) is 2.83. The molecule has 1 rings (SSSR count). The van der Waals surface area contributed by atoms with E-state index in [-0.39, 0.29) is 0 Å². The highest BCUT2D eigenvalue weighted by atomic mass is 16.5. The van der Waals surface area contributed by atoms with Gasteiger partial charge in [0.2, 0.25) is 5.76 Å². The fraction of sp³-hybridized carbons (Fsp3) is 0.545. The molecule has 1 aromatic rings. The summed E-state index contributed by atoms with van der Waals surface area (Å²) in [6.07, 6.45) is 1.52. The number of nitrogens with zero attached hydrogens (tertiary/aromatic N) is 1. The number of carbonyl (C=O) groups excluding carboxylic acids is 1. The van der Waals surface area contributed by atoms with Crippen LogP contribution >= 0.6 is 0 Å². The Hall–Kier alpha value is -1.29. The average molecular weight is 211 g/mol. The van der Waals surface area contributed by atoms with E-state index in [9.17, 15) is 4.79 Å². The van der Waals surface area contributed by atoms with Crippen molar-refractivity contribution in [2.75, 3.05) is 20.2 Å². The minimum absolute atomic E-state index is 0.310. The Morgan fingerprint density at radius 3 is 2.67 bits per heavy atom. The fourth-order valence-electron chi connectivity index (χ4n) is 1.42. The van der Waals surface area contributed by atoms with Gasteiger partial charge in [-0.25, -0.2) is 4.79 Å². The molecule has 0 fully saturated rings. The Balaban J connectivity index is 2.76. The van der Waals surface area contributed by atoms with Crippen LogP contribution in [0.4, 0.5) is 0 Å². The topological polar surface area (TPSA) is 42.7 Å². The first-order valence-corrected chi connectivity index (χ1v) is 5.09. The first-order valence-electron chi connectivity index (χ1n) is 5.09. The summed E-state index contributed by atoms with van der Waals surface area (Å²) in [6, 6.07) is 1.81. The summed E-state index contributed by atoms with van der Waals surface area (Å²) in [5.74, 6) is -0.105. The molecule has 0 aliphatic carbocycles. The largest absolute Gasteiger partial charge is 0.463 e. The summed E-state index contributed by atoms with van der Waals surface area (Å²) in [7, 11) is 1.35. The number of methoxy groups -OCH3 is 1. The van der Waals surface area contributed by atoms with E-state index in [4.69, 9.17) is 4.42 Å². The van der Waals surface area contributed by atoms with Crippen molar-refractivity contribution in [3.05, 3.63) is 23.7 Å². The summed E-state index contributed by atoms with van der Waals surface area (Å²) in [4.78, 5) is 13.5. The van der Waals surface area contributed by atoms with Gasteiger partial charge in [0.15, 0.2) is 0 Å². The SMILES string of the molecule is CCN(CC)Cc1ccoc1C(=O)OC. The lowest BCUT2D eigenvalue weighted by atomic mass is 10.2. The van der Waals surface area contributed by atoms with Crippen LogP contribution in [0.5, 0.6) is 0 Å². The van der Waals surface area contributed by atoms with E-state index in [0.29, 0.717) is 12.3 Å². The zero-order chi connectivity index (χ0) is 11.3. The van der Waals surface area contributed by atoms with Gasteiger partial charge in [0.25, 0.3) is 0 Å². The van der Waals surface area contributed by atoms with Crippen LogP contribution in [-0.4, -0.2) is 31.1 Å². The standard InChI is InChI=1S/C11H17NO3/c1-4-12(5-2)8-9-6-7-15-10(9)11(13)14-3/h6-7H,4-5,8H2,1-3H3. The molecular formula is C11H17NO3. The molecule has 0 unspecified atom stereocenters. The molecule has 1 aromatic heterocycles. The van der Waals surface area contributed by atoms with E-state index < -0.39 is 5.97 Å². The molecule has 0 radical (unpaired) electrons. The summed E-state index contributed by atoms with van der Waals surface area (Å²) >= 11 is 0. The zero-order valence-electron chi connectivity index (χ0n) is 9.45. The molecule has 0 bridgehead atoms. The average Bonchev–Trinajstić information content (AvgIpc) is 2.72. The van der Waals surface area contributed by atoms with E-state index >= 15 is 0 Å². The fourth-order valence-corrected chi connectivity index (χ4v) is 1.42. The van der Waals surface area contributed by atoms with Gasteiger partial charge in [-0.1, -0.05) is 13.8 Å². The quantitative estimate of drug-likeness (QED) is 0.698. The number of hydrogen-bond donors (Lipinski definition) is 0. The van der Waals surface area contributed by atoms with Gasteiger partial charge in [0.05, 0.1) is 13.4 Å². The molecule has 15 heavy (non-hydrogen) atoms. The summed E-state index contributed by atoms with van der Waals surface area (Å²) in [6.45, 7) is 6.78. The Morgan fingerprint density at radius 1 is 1.47 bits per heavy atom. The molecule has 0 aliphatic heterocycles. The van der Waals surface area contributed by atoms with Gasteiger partial charge in [-0.15, -0.1) is 0 Å². The van der Waals surface area contributed by atoms with Crippen molar-refractivity contribution in [3.8, 4) is 0 Å². The maximum Gasteiger partial charge on any atom is 0.374 e. The van der Waals surface area contributed by atoms with Crippen molar-refractivity contribution in [2.45, 2.75) is 20.4 Å². The molecule has 0 aliphatic rings. The molecule has 0 N–H and O–H groups in total. The lowest BCUT2D eigenvalue weighted by molar-refractivity contribution is 0.0562. The van der Waals surface area contributed by atoms with Crippen LogP contribution in [-0.2, 0) is 11.3 Å². The van der Waals surface area contributed by atoms with Gasteiger partial charge < -0.3 is 9.15 Å². The van der Waals surface area contributed by atoms with E-state index in [1.54, 1.807) is 0 Å². The number of furan rings is 1. The number of ether oxygens (including phenoxy) is 1. The molecule has 84 valence electrons. The van der Waals surface area contributed by atoms with Gasteiger partial charge >= 0.3 is 5.97 Å². The second-order valence-corrected chi connectivity index (χ2v) is 3.23. The van der Waals surface area contributed by atoms with E-state index in [1.165, 1.54) is 13.4 Å². The smallest absolute Gasteiger partial charge is 0.374 e. The molecule has 0 aromatic carbocycles. The van der Waals surface area contributed by atoms with Gasteiger partial charge in [-0.2, -0.15) is 0 Å². The second kappa shape index (κ2) is 5.56. The maximum absolute atomic E-state index is 11.3. The summed E-state index contributed by atoms with van der Waals surface area (Å²) in [5, 5.41) is 0. The van der Waals surface area contributed by atoms with Crippen LogP contribution in [0.2, 0.25) is 0 Å². The Kier molecular flexibility index (Phi) is 4.37. The third-order valence-corrected chi connectivity index (χ3v) is 2.41. The van der Waals surface area contributed by atoms with E-state index in [1.807, 2.05) is 6.07 Å². The maximum atomic E-state index is 11.3. The van der Waals surface area contributed by atoms with Crippen molar-refractivity contribution in [1.29, 1.82) is 0 Å². The van der Waals surface area contributed by atoms with Gasteiger partial charge in [-0.05, 0) is 19.2 Å². The number of esters is 1. The predicted octanol–water partition coefficient (Wildman–Crippen LogP) is 1.91. The van der Waals surface area contributed by atoms with Crippen molar-refractivity contribution < 1.29 is 13.9 Å². The molecule has 0 atom stereocenters. The minimum atomic E-state index is -0.415. The Morgan fingerprint density at radius 2 is 2.13 bits per heavy atom. The van der Waals surface area contributed by atoms with Crippen molar-refractivity contribution in [1.82, 2.24) is 4.90 Å². The molecular weight excluding hydrogens is 194 g/mol. The monoisotopic (exact) mass is 211 g/mol. The van der Waals surface area contributed by atoms with Crippen molar-refractivity contribution in [3.63, 3.8) is 0 Å². The van der Waals surface area contributed by atoms with Crippen LogP contribution in [0.1, 0.15) is 30.0 Å². The molecule has 0 saturated carbocycles. The van der Waals surface area contributed by atoms with Crippen molar-refractivity contribution >= 4 is 5.97 Å². The lowest BCUT2D eigenvalue weighted by Crippen LogP contribution is -2.23. The molecule has 0 amide bonds. The summed E-state index contributed by atoms with van der Waals surface area (Å²) in [5.41, 5.74) is 0.880. The van der Waals surface area contributed by atoms with Crippen molar-refractivity contribution in [2.24, 2.45) is 0 Å². The first-order chi connectivity index (χ1) is 7.22. The third-order valence-electron chi connectivity index (χ3n) is 2.41. The van der Waals surface area contributed by atoms with E-state index in [2.05, 4.69) is 23.5 Å². The Bertz CT molecular complexity index is 315. The highest BCUT2D eigenvalue weighted by Gasteiger charge is 2.16. The van der Waals surface area contributed by atoms with Crippen LogP contribution in [0.15, 0.2) is 16.7 Å². The van der Waals surface area contributed by atoms with Crippen LogP contribution in [0.25, 0.3) is 0 Å². The minimum Gasteiger partial charge on any atom is -0.463 e. The molecule has 1 heterocycles. The van der Waals surface area contributed by atoms with Crippen LogP contribution in [0, 0.1) is 0 Å². The number of rotatable bonds is 5. The summed E-state index contributed by atoms with van der Waals surface area (Å²) < 4.78 is 9.74. The lowest BCUT2D eigenvalue weighted by Gasteiger charge is -2.17. The number of carbonyl (C=O) groups is 1. The van der Waals surface area contributed by atoms with Crippen LogP contribution < -0.4 is 0 Å². The highest BCUT2D eigenvalue weighted by Crippen LogP contribution is 2.14. The van der Waals surface area contributed by atoms with Crippen LogP contribution in [0.3, 0.4) is 0 Å². The van der Waals surface area contributed by atoms with Gasteiger partial charge in [-0.3, -0.25) is 4.90 Å². The van der Waals surface area contributed by atoms with E-state index in [0.717, 1.165) is 18.7 Å². The second-order valence-electron chi connectivity index (χ2n) is 3.23. The Labute approximate surface area is 89.8 Å². The normalized spacial score (nSPS) is 10.7. The molecule has 0 saturated heterocycles. The number of hydrogen-bond acceptors (Lipinski definition) is 4. The first kappa shape index (κ1) is 11.8. The molecule has 4 nitrogen and oxygen atoms in total. The highest BCUT2D eigenvalue weighted by molar-refractivity contribution is 5.87.